The number of hydrogen-bond donors (Lipinski definition) is 2. The second-order valence-corrected chi connectivity index (χ2v) is 2.47. The Morgan fingerprint density at radius 2 is 2.50 bits per heavy atom. The highest BCUT2D eigenvalue weighted by molar-refractivity contribution is 7.81. The van der Waals surface area contributed by atoms with E-state index in [1.54, 1.807) is 18.3 Å². The fourth-order valence-electron chi connectivity index (χ4n) is 0.673. The molecule has 0 fully saturated rings. The molecule has 1 aromatic heterocycles. The van der Waals surface area contributed by atoms with Gasteiger partial charge in [0.2, 0.25) is 5.91 Å². The molecule has 0 atom stereocenters. The zero-order valence-corrected chi connectivity index (χ0v) is 7.29. The van der Waals surface area contributed by atoms with Crippen LogP contribution in [0.5, 0.6) is 0 Å². The minimum atomic E-state index is -0.107. The van der Waals surface area contributed by atoms with Gasteiger partial charge in [0, 0.05) is 6.20 Å². The van der Waals surface area contributed by atoms with Gasteiger partial charge in [-0.2, -0.15) is 22.8 Å². The molecule has 1 heterocycles. The fraction of sp³-hybridized carbons (Fsp3) is 0.286. The molecule has 12 heavy (non-hydrogen) atoms. The number of carbonyl (C=O) groups excluding carboxylic acids is 1. The second kappa shape index (κ2) is 4.71. The summed E-state index contributed by atoms with van der Waals surface area (Å²) < 4.78 is 0. The lowest BCUT2D eigenvalue weighted by atomic mass is 10.4. The summed E-state index contributed by atoms with van der Waals surface area (Å²) in [7, 11) is 0. The van der Waals surface area contributed by atoms with Gasteiger partial charge in [-0.05, 0) is 12.1 Å². The summed E-state index contributed by atoms with van der Waals surface area (Å²) in [5.41, 5.74) is 0.743. The zero-order chi connectivity index (χ0) is 8.81. The first-order valence-corrected chi connectivity index (χ1v) is 4.10. The molecular formula is C7H9N3OS. The molecule has 0 aliphatic heterocycles. The second-order valence-electron chi connectivity index (χ2n) is 2.15. The van der Waals surface area contributed by atoms with Crippen molar-refractivity contribution in [2.24, 2.45) is 0 Å². The standard InChI is InChI=1S/C7H9N3OS/c11-7(5-12)8-4-6-2-1-3-9-10-6/h1-3,12H,4-5H2,(H,8,11). The maximum absolute atomic E-state index is 10.7. The van der Waals surface area contributed by atoms with Crippen LogP contribution in [-0.2, 0) is 11.3 Å². The van der Waals surface area contributed by atoms with E-state index in [2.05, 4.69) is 28.1 Å². The molecule has 0 bridgehead atoms. The Morgan fingerprint density at radius 1 is 1.67 bits per heavy atom. The van der Waals surface area contributed by atoms with Gasteiger partial charge in [-0.25, -0.2) is 0 Å². The Bertz CT molecular complexity index is 252. The van der Waals surface area contributed by atoms with Gasteiger partial charge in [0.25, 0.3) is 0 Å². The number of carbonyl (C=O) groups is 1. The van der Waals surface area contributed by atoms with Crippen LogP contribution in [0.25, 0.3) is 0 Å². The van der Waals surface area contributed by atoms with E-state index in [0.29, 0.717) is 6.54 Å². The van der Waals surface area contributed by atoms with E-state index in [1.165, 1.54) is 0 Å². The van der Waals surface area contributed by atoms with Crippen molar-refractivity contribution in [3.63, 3.8) is 0 Å². The number of nitrogens with one attached hydrogen (secondary N) is 1. The van der Waals surface area contributed by atoms with Crippen LogP contribution in [0, 0.1) is 0 Å². The Kier molecular flexibility index (Phi) is 3.53. The average Bonchev–Trinajstić information content (AvgIpc) is 2.16. The van der Waals surface area contributed by atoms with Crippen LogP contribution >= 0.6 is 12.6 Å². The summed E-state index contributed by atoms with van der Waals surface area (Å²) in [6.07, 6.45) is 1.59. The average molecular weight is 183 g/mol. The number of nitrogens with zero attached hydrogens (tertiary/aromatic N) is 2. The van der Waals surface area contributed by atoms with E-state index in [9.17, 15) is 4.79 Å². The highest BCUT2D eigenvalue weighted by Gasteiger charge is 1.97. The molecule has 0 aromatic carbocycles. The summed E-state index contributed by atoms with van der Waals surface area (Å²) in [6, 6.07) is 3.57. The predicted octanol–water partition coefficient (Wildman–Crippen LogP) is 0.0226. The van der Waals surface area contributed by atoms with Gasteiger partial charge < -0.3 is 5.32 Å². The van der Waals surface area contributed by atoms with Gasteiger partial charge >= 0.3 is 0 Å². The highest BCUT2D eigenvalue weighted by atomic mass is 32.1. The number of hydrogen-bond acceptors (Lipinski definition) is 4. The van der Waals surface area contributed by atoms with Crippen LogP contribution in [-0.4, -0.2) is 21.9 Å². The van der Waals surface area contributed by atoms with Gasteiger partial charge in [0.05, 0.1) is 18.0 Å². The molecule has 0 spiro atoms. The van der Waals surface area contributed by atoms with Crippen molar-refractivity contribution in [1.82, 2.24) is 15.5 Å². The van der Waals surface area contributed by atoms with Crippen molar-refractivity contribution in [3.05, 3.63) is 24.0 Å². The normalized spacial score (nSPS) is 9.42. The topological polar surface area (TPSA) is 54.9 Å². The summed E-state index contributed by atoms with van der Waals surface area (Å²) in [6.45, 7) is 0.410. The quantitative estimate of drug-likeness (QED) is 0.650. The molecule has 4 nitrogen and oxygen atoms in total. The first-order chi connectivity index (χ1) is 5.83. The van der Waals surface area contributed by atoms with E-state index in [4.69, 9.17) is 0 Å². The number of aromatic nitrogens is 2. The molecule has 5 heteroatoms. The Labute approximate surface area is 75.8 Å². The van der Waals surface area contributed by atoms with E-state index < -0.39 is 0 Å². The molecule has 64 valence electrons. The van der Waals surface area contributed by atoms with Crippen molar-refractivity contribution in [2.75, 3.05) is 5.75 Å². The molecule has 0 unspecified atom stereocenters. The number of thiol groups is 1. The van der Waals surface area contributed by atoms with Crippen LogP contribution in [0.3, 0.4) is 0 Å². The van der Waals surface area contributed by atoms with Gasteiger partial charge in [-0.1, -0.05) is 0 Å². The smallest absolute Gasteiger partial charge is 0.230 e. The summed E-state index contributed by atoms with van der Waals surface area (Å²) >= 11 is 3.81. The molecule has 1 aromatic rings. The van der Waals surface area contributed by atoms with Gasteiger partial charge in [-0.3, -0.25) is 4.79 Å². The van der Waals surface area contributed by atoms with Crippen LogP contribution in [0.4, 0.5) is 0 Å². The maximum atomic E-state index is 10.7. The lowest BCUT2D eigenvalue weighted by Crippen LogP contribution is -2.24. The van der Waals surface area contributed by atoms with E-state index in [-0.39, 0.29) is 11.7 Å². The van der Waals surface area contributed by atoms with Gasteiger partial charge in [0.15, 0.2) is 0 Å². The van der Waals surface area contributed by atoms with Crippen molar-refractivity contribution >= 4 is 18.5 Å². The van der Waals surface area contributed by atoms with Crippen molar-refractivity contribution in [1.29, 1.82) is 0 Å². The van der Waals surface area contributed by atoms with Crippen LogP contribution in [0.15, 0.2) is 18.3 Å². The SMILES string of the molecule is O=C(CS)NCc1cccnn1. The first kappa shape index (κ1) is 8.99. The highest BCUT2D eigenvalue weighted by Crippen LogP contribution is 1.89. The first-order valence-electron chi connectivity index (χ1n) is 3.47. The lowest BCUT2D eigenvalue weighted by molar-refractivity contribution is -0.118. The molecule has 1 rings (SSSR count). The van der Waals surface area contributed by atoms with Crippen molar-refractivity contribution < 1.29 is 4.79 Å². The minimum absolute atomic E-state index is 0.107. The molecular weight excluding hydrogens is 174 g/mol. The molecule has 1 amide bonds. The predicted molar refractivity (Wildman–Crippen MR) is 47.7 cm³/mol. The van der Waals surface area contributed by atoms with E-state index in [1.807, 2.05) is 0 Å². The number of amides is 1. The maximum Gasteiger partial charge on any atom is 0.230 e. The third-order valence-corrected chi connectivity index (χ3v) is 1.53. The van der Waals surface area contributed by atoms with Crippen LogP contribution < -0.4 is 5.32 Å². The van der Waals surface area contributed by atoms with Crippen molar-refractivity contribution in [3.8, 4) is 0 Å². The Balaban J connectivity index is 2.38. The molecule has 0 radical (unpaired) electrons. The molecule has 0 aliphatic carbocycles. The molecule has 0 aliphatic rings. The summed E-state index contributed by atoms with van der Waals surface area (Å²) in [5.74, 6) is 0.0873. The third kappa shape index (κ3) is 2.87. The van der Waals surface area contributed by atoms with E-state index >= 15 is 0 Å². The summed E-state index contributed by atoms with van der Waals surface area (Å²) in [5, 5.41) is 10.1. The van der Waals surface area contributed by atoms with Crippen LogP contribution in [0.1, 0.15) is 5.69 Å². The minimum Gasteiger partial charge on any atom is -0.350 e. The molecule has 1 N–H and O–H groups in total. The third-order valence-electron chi connectivity index (χ3n) is 1.24. The molecule has 0 saturated heterocycles. The summed E-state index contributed by atoms with van der Waals surface area (Å²) in [4.78, 5) is 10.7. The Morgan fingerprint density at radius 3 is 3.08 bits per heavy atom. The van der Waals surface area contributed by atoms with Crippen molar-refractivity contribution in [2.45, 2.75) is 6.54 Å². The fourth-order valence-corrected chi connectivity index (χ4v) is 0.785. The van der Waals surface area contributed by atoms with Gasteiger partial charge in [-0.15, -0.1) is 0 Å². The van der Waals surface area contributed by atoms with E-state index in [0.717, 1.165) is 5.69 Å². The van der Waals surface area contributed by atoms with Crippen LogP contribution in [0.2, 0.25) is 0 Å². The largest absolute Gasteiger partial charge is 0.350 e. The lowest BCUT2D eigenvalue weighted by Gasteiger charge is -2.00. The van der Waals surface area contributed by atoms with Gasteiger partial charge in [0.1, 0.15) is 0 Å². The monoisotopic (exact) mass is 183 g/mol. The molecule has 0 saturated carbocycles. The Hall–Kier alpha value is -1.10. The zero-order valence-electron chi connectivity index (χ0n) is 6.40. The number of rotatable bonds is 3.